The summed E-state index contributed by atoms with van der Waals surface area (Å²) in [6.07, 6.45) is 4.58. The molecule has 0 spiro atoms. The zero-order valence-electron chi connectivity index (χ0n) is 8.83. The zero-order chi connectivity index (χ0) is 11.7. The van der Waals surface area contributed by atoms with Crippen molar-refractivity contribution in [3.05, 3.63) is 59.5 Å². The predicted octanol–water partition coefficient (Wildman–Crippen LogP) is 2.92. The number of hydrogen-bond donors (Lipinski definition) is 0. The molecule has 3 nitrogen and oxygen atoms in total. The Labute approximate surface area is 102 Å². The largest absolute Gasteiger partial charge is 0.287 e. The quantitative estimate of drug-likeness (QED) is 0.647. The third kappa shape index (κ3) is 1.72. The highest BCUT2D eigenvalue weighted by molar-refractivity contribution is 7.17. The first kappa shape index (κ1) is 10.1. The number of thiophene rings is 1. The van der Waals surface area contributed by atoms with Gasteiger partial charge in [-0.15, -0.1) is 11.3 Å². The Hall–Kier alpha value is -2.07. The van der Waals surface area contributed by atoms with Crippen molar-refractivity contribution in [1.29, 1.82) is 0 Å². The molecule has 4 heteroatoms. The molecule has 0 aliphatic heterocycles. The van der Waals surface area contributed by atoms with E-state index in [4.69, 9.17) is 0 Å². The molecule has 0 atom stereocenters. The lowest BCUT2D eigenvalue weighted by molar-refractivity contribution is 0.103. The van der Waals surface area contributed by atoms with E-state index >= 15 is 0 Å². The van der Waals surface area contributed by atoms with Gasteiger partial charge in [-0.3, -0.25) is 9.78 Å². The van der Waals surface area contributed by atoms with Crippen LogP contribution in [-0.4, -0.2) is 15.8 Å². The van der Waals surface area contributed by atoms with Crippen LogP contribution < -0.4 is 0 Å². The van der Waals surface area contributed by atoms with E-state index in [-0.39, 0.29) is 5.78 Å². The molecule has 0 saturated heterocycles. The highest BCUT2D eigenvalue weighted by Gasteiger charge is 2.14. The number of fused-ring (bicyclic) bond motifs is 1. The number of benzene rings is 1. The summed E-state index contributed by atoms with van der Waals surface area (Å²) in [5.74, 6) is -0.0736. The maximum atomic E-state index is 12.2. The SMILES string of the molecule is O=C(c1cnccn1)c1csc2ccccc12. The van der Waals surface area contributed by atoms with Crippen LogP contribution in [0, 0.1) is 0 Å². The molecule has 0 bridgehead atoms. The highest BCUT2D eigenvalue weighted by Crippen LogP contribution is 2.26. The van der Waals surface area contributed by atoms with Crippen LogP contribution in [0.15, 0.2) is 48.2 Å². The molecule has 3 rings (SSSR count). The fourth-order valence-electron chi connectivity index (χ4n) is 1.71. The van der Waals surface area contributed by atoms with E-state index < -0.39 is 0 Å². The Morgan fingerprint density at radius 2 is 2.06 bits per heavy atom. The minimum absolute atomic E-state index is 0.0736. The molecule has 2 aromatic heterocycles. The average Bonchev–Trinajstić information content (AvgIpc) is 2.83. The maximum absolute atomic E-state index is 12.2. The van der Waals surface area contributed by atoms with E-state index in [1.165, 1.54) is 12.4 Å². The summed E-state index contributed by atoms with van der Waals surface area (Å²) in [5.41, 5.74) is 1.09. The van der Waals surface area contributed by atoms with Crippen molar-refractivity contribution in [1.82, 2.24) is 9.97 Å². The van der Waals surface area contributed by atoms with Gasteiger partial charge in [-0.1, -0.05) is 18.2 Å². The summed E-state index contributed by atoms with van der Waals surface area (Å²) in [6.45, 7) is 0. The Balaban J connectivity index is 2.14. The molecular weight excluding hydrogens is 232 g/mol. The van der Waals surface area contributed by atoms with E-state index in [1.807, 2.05) is 29.6 Å². The third-order valence-corrected chi connectivity index (χ3v) is 3.48. The molecule has 0 fully saturated rings. The maximum Gasteiger partial charge on any atom is 0.214 e. The second-order valence-corrected chi connectivity index (χ2v) is 4.48. The van der Waals surface area contributed by atoms with Crippen LogP contribution in [0.4, 0.5) is 0 Å². The van der Waals surface area contributed by atoms with Gasteiger partial charge in [-0.05, 0) is 6.07 Å². The second-order valence-electron chi connectivity index (χ2n) is 3.57. The van der Waals surface area contributed by atoms with Gasteiger partial charge in [-0.25, -0.2) is 4.98 Å². The summed E-state index contributed by atoms with van der Waals surface area (Å²) in [7, 11) is 0. The van der Waals surface area contributed by atoms with Crippen molar-refractivity contribution in [2.24, 2.45) is 0 Å². The van der Waals surface area contributed by atoms with Crippen LogP contribution in [0.25, 0.3) is 10.1 Å². The van der Waals surface area contributed by atoms with Crippen molar-refractivity contribution in [2.75, 3.05) is 0 Å². The summed E-state index contributed by atoms with van der Waals surface area (Å²) >= 11 is 1.57. The molecule has 17 heavy (non-hydrogen) atoms. The van der Waals surface area contributed by atoms with Crippen LogP contribution >= 0.6 is 11.3 Å². The van der Waals surface area contributed by atoms with Gasteiger partial charge >= 0.3 is 0 Å². The van der Waals surface area contributed by atoms with Gasteiger partial charge in [0.05, 0.1) is 6.20 Å². The predicted molar refractivity (Wildman–Crippen MR) is 67.3 cm³/mol. The fraction of sp³-hybridized carbons (Fsp3) is 0. The molecule has 82 valence electrons. The summed E-state index contributed by atoms with van der Waals surface area (Å²) < 4.78 is 1.11. The minimum Gasteiger partial charge on any atom is -0.287 e. The number of hydrogen-bond acceptors (Lipinski definition) is 4. The van der Waals surface area contributed by atoms with E-state index in [0.29, 0.717) is 11.3 Å². The molecule has 0 saturated carbocycles. The smallest absolute Gasteiger partial charge is 0.214 e. The summed E-state index contributed by atoms with van der Waals surface area (Å²) in [5, 5.41) is 2.86. The molecule has 3 aromatic rings. The Kier molecular flexibility index (Phi) is 2.42. The van der Waals surface area contributed by atoms with E-state index in [0.717, 1.165) is 10.1 Å². The van der Waals surface area contributed by atoms with Crippen molar-refractivity contribution < 1.29 is 4.79 Å². The van der Waals surface area contributed by atoms with Crippen LogP contribution in [0.3, 0.4) is 0 Å². The number of rotatable bonds is 2. The van der Waals surface area contributed by atoms with Crippen LogP contribution in [-0.2, 0) is 0 Å². The lowest BCUT2D eigenvalue weighted by atomic mass is 10.1. The number of nitrogens with zero attached hydrogens (tertiary/aromatic N) is 2. The summed E-state index contributed by atoms with van der Waals surface area (Å²) in [4.78, 5) is 20.2. The van der Waals surface area contributed by atoms with E-state index in [1.54, 1.807) is 17.5 Å². The van der Waals surface area contributed by atoms with Gasteiger partial charge < -0.3 is 0 Å². The van der Waals surface area contributed by atoms with Gasteiger partial charge in [0, 0.05) is 33.4 Å². The number of ketones is 1. The highest BCUT2D eigenvalue weighted by atomic mass is 32.1. The third-order valence-electron chi connectivity index (χ3n) is 2.52. The molecule has 2 heterocycles. The van der Waals surface area contributed by atoms with E-state index in [9.17, 15) is 4.79 Å². The molecule has 0 N–H and O–H groups in total. The van der Waals surface area contributed by atoms with Crippen LogP contribution in [0.5, 0.6) is 0 Å². The van der Waals surface area contributed by atoms with Crippen LogP contribution in [0.2, 0.25) is 0 Å². The van der Waals surface area contributed by atoms with Crippen molar-refractivity contribution >= 4 is 27.2 Å². The first-order valence-electron chi connectivity index (χ1n) is 5.13. The number of aromatic nitrogens is 2. The normalized spacial score (nSPS) is 10.6. The van der Waals surface area contributed by atoms with Gasteiger partial charge in [0.15, 0.2) is 0 Å². The fourth-order valence-corrected chi connectivity index (χ4v) is 2.65. The van der Waals surface area contributed by atoms with Gasteiger partial charge in [0.25, 0.3) is 0 Å². The number of carbonyl (C=O) groups is 1. The molecule has 0 aliphatic carbocycles. The van der Waals surface area contributed by atoms with Crippen molar-refractivity contribution in [3.63, 3.8) is 0 Å². The molecule has 0 aliphatic rings. The van der Waals surface area contributed by atoms with Crippen molar-refractivity contribution in [2.45, 2.75) is 0 Å². The van der Waals surface area contributed by atoms with Gasteiger partial charge in [-0.2, -0.15) is 0 Å². The van der Waals surface area contributed by atoms with Gasteiger partial charge in [0.1, 0.15) is 5.69 Å². The van der Waals surface area contributed by atoms with Crippen molar-refractivity contribution in [3.8, 4) is 0 Å². The molecule has 0 unspecified atom stereocenters. The van der Waals surface area contributed by atoms with Gasteiger partial charge in [0.2, 0.25) is 5.78 Å². The molecule has 0 amide bonds. The van der Waals surface area contributed by atoms with E-state index in [2.05, 4.69) is 9.97 Å². The standard InChI is InChI=1S/C13H8N2OS/c16-13(11-7-14-5-6-15-11)10-8-17-12-4-2-1-3-9(10)12/h1-8H. The minimum atomic E-state index is -0.0736. The average molecular weight is 240 g/mol. The van der Waals surface area contributed by atoms with Crippen LogP contribution in [0.1, 0.15) is 16.1 Å². The lowest BCUT2D eigenvalue weighted by Crippen LogP contribution is -2.03. The molecular formula is C13H8N2OS. The second kappa shape index (κ2) is 4.07. The lowest BCUT2D eigenvalue weighted by Gasteiger charge is -1.97. The zero-order valence-corrected chi connectivity index (χ0v) is 9.65. The number of carbonyl (C=O) groups excluding carboxylic acids is 1. The molecule has 1 aromatic carbocycles. The monoisotopic (exact) mass is 240 g/mol. The topological polar surface area (TPSA) is 42.9 Å². The Bertz CT molecular complexity index is 676. The summed E-state index contributed by atoms with van der Waals surface area (Å²) in [6, 6.07) is 7.86. The Morgan fingerprint density at radius 1 is 1.18 bits per heavy atom. The Morgan fingerprint density at radius 3 is 2.88 bits per heavy atom. The molecule has 0 radical (unpaired) electrons. The first-order valence-corrected chi connectivity index (χ1v) is 6.01. The first-order chi connectivity index (χ1) is 8.36.